The van der Waals surface area contributed by atoms with Gasteiger partial charge in [-0.2, -0.15) is 0 Å². The maximum atomic E-state index is 12.0. The van der Waals surface area contributed by atoms with Gasteiger partial charge in [0.1, 0.15) is 0 Å². The van der Waals surface area contributed by atoms with Crippen molar-refractivity contribution >= 4 is 17.2 Å². The fourth-order valence-corrected chi connectivity index (χ4v) is 3.63. The summed E-state index contributed by atoms with van der Waals surface area (Å²) in [6.45, 7) is 5.70. The molecule has 1 unspecified atom stereocenters. The zero-order chi connectivity index (χ0) is 15.4. The summed E-state index contributed by atoms with van der Waals surface area (Å²) in [5.41, 5.74) is 0.727. The highest BCUT2D eigenvalue weighted by atomic mass is 32.1. The van der Waals surface area contributed by atoms with Gasteiger partial charge in [0, 0.05) is 30.6 Å². The molecule has 1 saturated heterocycles. The van der Waals surface area contributed by atoms with Crippen molar-refractivity contribution in [2.45, 2.75) is 26.3 Å². The average Bonchev–Trinajstić information content (AvgIpc) is 3.17. The summed E-state index contributed by atoms with van der Waals surface area (Å²) in [4.78, 5) is 15.9. The van der Waals surface area contributed by atoms with Crippen LogP contribution in [0.3, 0.4) is 0 Å². The molecular formula is C16H21N3O2S. The van der Waals surface area contributed by atoms with Crippen LogP contribution < -0.4 is 5.32 Å². The smallest absolute Gasteiger partial charge is 0.289 e. The lowest BCUT2D eigenvalue weighted by Gasteiger charge is -2.32. The molecular weight excluding hydrogens is 298 g/mol. The number of amides is 1. The van der Waals surface area contributed by atoms with Gasteiger partial charge in [0.05, 0.1) is 5.69 Å². The summed E-state index contributed by atoms with van der Waals surface area (Å²) in [6, 6.07) is 5.95. The van der Waals surface area contributed by atoms with Crippen molar-refractivity contribution in [1.82, 2.24) is 15.4 Å². The Labute approximate surface area is 134 Å². The molecule has 0 spiro atoms. The quantitative estimate of drug-likeness (QED) is 0.920. The number of nitrogens with zero attached hydrogens (tertiary/aromatic N) is 2. The Kier molecular flexibility index (Phi) is 4.90. The molecule has 0 aliphatic carbocycles. The third kappa shape index (κ3) is 3.96. The number of hydrogen-bond acceptors (Lipinski definition) is 5. The van der Waals surface area contributed by atoms with Gasteiger partial charge in [0.25, 0.3) is 5.91 Å². The van der Waals surface area contributed by atoms with Crippen molar-refractivity contribution in [3.63, 3.8) is 0 Å². The van der Waals surface area contributed by atoms with Crippen molar-refractivity contribution in [2.24, 2.45) is 5.92 Å². The molecule has 118 valence electrons. The first-order valence-corrected chi connectivity index (χ1v) is 8.55. The first kappa shape index (κ1) is 15.2. The largest absolute Gasteiger partial charge is 0.351 e. The Morgan fingerprint density at radius 2 is 2.50 bits per heavy atom. The zero-order valence-corrected chi connectivity index (χ0v) is 13.6. The highest BCUT2D eigenvalue weighted by Gasteiger charge is 2.21. The van der Waals surface area contributed by atoms with Crippen LogP contribution in [0.2, 0.25) is 0 Å². The van der Waals surface area contributed by atoms with Crippen LogP contribution in [0.25, 0.3) is 0 Å². The minimum absolute atomic E-state index is 0.170. The van der Waals surface area contributed by atoms with Crippen molar-refractivity contribution < 1.29 is 9.32 Å². The van der Waals surface area contributed by atoms with Crippen LogP contribution in [0, 0.1) is 12.8 Å². The lowest BCUT2D eigenvalue weighted by molar-refractivity contribution is 0.0894. The molecule has 0 bridgehead atoms. The zero-order valence-electron chi connectivity index (χ0n) is 12.7. The fourth-order valence-electron chi connectivity index (χ4n) is 2.88. The summed E-state index contributed by atoms with van der Waals surface area (Å²) >= 11 is 1.80. The van der Waals surface area contributed by atoms with Gasteiger partial charge < -0.3 is 9.84 Å². The molecule has 5 nitrogen and oxygen atoms in total. The van der Waals surface area contributed by atoms with Gasteiger partial charge in [0.15, 0.2) is 0 Å². The Hall–Kier alpha value is -1.66. The maximum Gasteiger partial charge on any atom is 0.289 e. The summed E-state index contributed by atoms with van der Waals surface area (Å²) in [5.74, 6) is 0.626. The third-order valence-electron chi connectivity index (χ3n) is 3.97. The van der Waals surface area contributed by atoms with Crippen LogP contribution >= 0.6 is 11.3 Å². The Bertz CT molecular complexity index is 609. The predicted molar refractivity (Wildman–Crippen MR) is 85.9 cm³/mol. The molecule has 1 aliphatic rings. The van der Waals surface area contributed by atoms with E-state index in [4.69, 9.17) is 4.52 Å². The second kappa shape index (κ2) is 7.07. The number of aryl methyl sites for hydroxylation is 1. The summed E-state index contributed by atoms with van der Waals surface area (Å²) in [6.07, 6.45) is 2.35. The van der Waals surface area contributed by atoms with Crippen LogP contribution in [-0.4, -0.2) is 35.6 Å². The molecule has 0 aromatic carbocycles. The van der Waals surface area contributed by atoms with Crippen LogP contribution in [0.1, 0.15) is 34.0 Å². The lowest BCUT2D eigenvalue weighted by atomic mass is 9.98. The number of hydrogen-bond donors (Lipinski definition) is 1. The van der Waals surface area contributed by atoms with Gasteiger partial charge in [-0.1, -0.05) is 11.2 Å². The van der Waals surface area contributed by atoms with Gasteiger partial charge in [-0.05, 0) is 43.7 Å². The van der Waals surface area contributed by atoms with E-state index in [-0.39, 0.29) is 5.91 Å². The molecule has 0 saturated carbocycles. The van der Waals surface area contributed by atoms with Crippen molar-refractivity contribution in [1.29, 1.82) is 0 Å². The maximum absolute atomic E-state index is 12.0. The summed E-state index contributed by atoms with van der Waals surface area (Å²) in [7, 11) is 0. The predicted octanol–water partition coefficient (Wildman–Crippen LogP) is 2.69. The molecule has 2 aromatic rings. The minimum atomic E-state index is -0.170. The highest BCUT2D eigenvalue weighted by Crippen LogP contribution is 2.20. The van der Waals surface area contributed by atoms with E-state index in [9.17, 15) is 4.79 Å². The van der Waals surface area contributed by atoms with Gasteiger partial charge in [0.2, 0.25) is 5.76 Å². The first-order valence-electron chi connectivity index (χ1n) is 7.67. The topological polar surface area (TPSA) is 58.4 Å². The van der Waals surface area contributed by atoms with Crippen molar-refractivity contribution in [3.05, 3.63) is 39.9 Å². The van der Waals surface area contributed by atoms with Gasteiger partial charge >= 0.3 is 0 Å². The van der Waals surface area contributed by atoms with Gasteiger partial charge in [-0.3, -0.25) is 9.69 Å². The normalized spacial score (nSPS) is 19.2. The number of nitrogens with one attached hydrogen (secondary N) is 1. The van der Waals surface area contributed by atoms with E-state index in [1.165, 1.54) is 11.3 Å². The number of piperidine rings is 1. The molecule has 1 atom stereocenters. The lowest BCUT2D eigenvalue weighted by Crippen LogP contribution is -2.40. The SMILES string of the molecule is Cc1cc(C(=O)NCC2CCCN(Cc3cccs3)C2)on1. The van der Waals surface area contributed by atoms with Gasteiger partial charge in [-0.25, -0.2) is 0 Å². The van der Waals surface area contributed by atoms with Crippen LogP contribution in [0.5, 0.6) is 0 Å². The first-order chi connectivity index (χ1) is 10.7. The average molecular weight is 319 g/mol. The Morgan fingerprint density at radius 1 is 1.59 bits per heavy atom. The van der Waals surface area contributed by atoms with E-state index < -0.39 is 0 Å². The fraction of sp³-hybridized carbons (Fsp3) is 0.500. The number of aromatic nitrogens is 1. The van der Waals surface area contributed by atoms with E-state index in [2.05, 4.69) is 32.9 Å². The molecule has 1 N–H and O–H groups in total. The van der Waals surface area contributed by atoms with Crippen LogP contribution in [0.4, 0.5) is 0 Å². The van der Waals surface area contributed by atoms with Crippen molar-refractivity contribution in [3.8, 4) is 0 Å². The second-order valence-corrected chi connectivity index (χ2v) is 6.90. The minimum Gasteiger partial charge on any atom is -0.351 e. The number of likely N-dealkylation sites (tertiary alicyclic amines) is 1. The Morgan fingerprint density at radius 3 is 3.23 bits per heavy atom. The molecule has 1 fully saturated rings. The number of carbonyl (C=O) groups excluding carboxylic acids is 1. The van der Waals surface area contributed by atoms with Crippen molar-refractivity contribution in [2.75, 3.05) is 19.6 Å². The molecule has 22 heavy (non-hydrogen) atoms. The van der Waals surface area contributed by atoms with E-state index in [1.54, 1.807) is 17.4 Å². The molecule has 1 aliphatic heterocycles. The molecule has 2 aromatic heterocycles. The Balaban J connectivity index is 1.47. The molecule has 3 rings (SSSR count). The molecule has 0 radical (unpaired) electrons. The van der Waals surface area contributed by atoms with Crippen LogP contribution in [-0.2, 0) is 6.54 Å². The number of rotatable bonds is 5. The van der Waals surface area contributed by atoms with E-state index in [0.717, 1.165) is 31.7 Å². The van der Waals surface area contributed by atoms with E-state index in [1.807, 2.05) is 6.92 Å². The number of thiophene rings is 1. The second-order valence-electron chi connectivity index (χ2n) is 5.87. The monoisotopic (exact) mass is 319 g/mol. The van der Waals surface area contributed by atoms with Gasteiger partial charge in [-0.15, -0.1) is 11.3 Å². The van der Waals surface area contributed by atoms with Crippen LogP contribution in [0.15, 0.2) is 28.1 Å². The molecule has 1 amide bonds. The summed E-state index contributed by atoms with van der Waals surface area (Å²) in [5, 5.41) is 8.83. The summed E-state index contributed by atoms with van der Waals surface area (Å²) < 4.78 is 4.99. The molecule has 3 heterocycles. The standard InChI is InChI=1S/C16H21N3O2S/c1-12-8-15(21-18-12)16(20)17-9-13-4-2-6-19(10-13)11-14-5-3-7-22-14/h3,5,7-8,13H,2,4,6,9-11H2,1H3,(H,17,20). The third-order valence-corrected chi connectivity index (χ3v) is 4.83. The molecule has 6 heteroatoms. The van der Waals surface area contributed by atoms with E-state index in [0.29, 0.717) is 18.2 Å². The highest BCUT2D eigenvalue weighted by molar-refractivity contribution is 7.09. The number of carbonyl (C=O) groups is 1. The van der Waals surface area contributed by atoms with E-state index >= 15 is 0 Å².